The van der Waals surface area contributed by atoms with Crippen molar-refractivity contribution in [1.29, 1.82) is 0 Å². The highest BCUT2D eigenvalue weighted by atomic mass is 19.4. The minimum atomic E-state index is -4.48. The summed E-state index contributed by atoms with van der Waals surface area (Å²) in [6.45, 7) is -0.284. The van der Waals surface area contributed by atoms with Crippen molar-refractivity contribution in [3.05, 3.63) is 84.9 Å². The summed E-state index contributed by atoms with van der Waals surface area (Å²) in [6, 6.07) is 14.5. The van der Waals surface area contributed by atoms with Crippen LogP contribution in [-0.2, 0) is 6.18 Å². The number of benzene rings is 2. The number of fused-ring (bicyclic) bond motifs is 3. The van der Waals surface area contributed by atoms with Gasteiger partial charge in [0, 0.05) is 29.4 Å². The molecule has 0 radical (unpaired) electrons. The molecule has 0 aliphatic carbocycles. The molecule has 6 aromatic rings. The lowest BCUT2D eigenvalue weighted by atomic mass is 10.1. The van der Waals surface area contributed by atoms with Gasteiger partial charge in [-0.15, -0.1) is 5.10 Å². The summed E-state index contributed by atoms with van der Waals surface area (Å²) < 4.78 is 46.6. The first-order chi connectivity index (χ1) is 17.0. The Balaban J connectivity index is 1.19. The molecular formula is C24H15F3N6O2. The van der Waals surface area contributed by atoms with E-state index in [0.717, 1.165) is 44.5 Å². The maximum absolute atomic E-state index is 13.0. The van der Waals surface area contributed by atoms with Crippen LogP contribution in [0.25, 0.3) is 38.5 Å². The van der Waals surface area contributed by atoms with Crippen LogP contribution in [0.2, 0.25) is 0 Å². The lowest BCUT2D eigenvalue weighted by molar-refractivity contribution is -0.137. The largest absolute Gasteiger partial charge is 0.455 e. The van der Waals surface area contributed by atoms with E-state index in [0.29, 0.717) is 5.75 Å². The minimum Gasteiger partial charge on any atom is -0.455 e. The molecule has 174 valence electrons. The fourth-order valence-corrected chi connectivity index (χ4v) is 3.82. The number of halogens is 3. The Morgan fingerprint density at radius 1 is 0.857 bits per heavy atom. The van der Waals surface area contributed by atoms with Crippen molar-refractivity contribution in [2.24, 2.45) is 0 Å². The van der Waals surface area contributed by atoms with Crippen molar-refractivity contribution in [1.82, 2.24) is 29.7 Å². The van der Waals surface area contributed by atoms with Gasteiger partial charge in [0.15, 0.2) is 0 Å². The molecule has 0 amide bonds. The Bertz CT molecular complexity index is 1690. The maximum Gasteiger partial charge on any atom is 0.416 e. The summed E-state index contributed by atoms with van der Waals surface area (Å²) in [7, 11) is 0. The van der Waals surface area contributed by atoms with Gasteiger partial charge in [0.1, 0.15) is 22.6 Å². The molecule has 0 saturated carbocycles. The van der Waals surface area contributed by atoms with Gasteiger partial charge in [-0.25, -0.2) is 4.98 Å². The Morgan fingerprint density at radius 2 is 1.77 bits per heavy atom. The normalized spacial score (nSPS) is 12.0. The van der Waals surface area contributed by atoms with Gasteiger partial charge in [0.25, 0.3) is 6.79 Å². The molecular weight excluding hydrogens is 461 g/mol. The van der Waals surface area contributed by atoms with Gasteiger partial charge in [0.05, 0.1) is 17.3 Å². The Labute approximate surface area is 195 Å². The van der Waals surface area contributed by atoms with Crippen LogP contribution in [0.3, 0.4) is 0 Å². The fourth-order valence-electron chi connectivity index (χ4n) is 3.82. The second-order valence-corrected chi connectivity index (χ2v) is 7.73. The first kappa shape index (κ1) is 20.9. The molecule has 0 aliphatic rings. The number of hydrogen-bond donors (Lipinski definition) is 0. The second kappa shape index (κ2) is 7.97. The number of ether oxygens (including phenoxy) is 1. The van der Waals surface area contributed by atoms with Crippen LogP contribution in [0.4, 0.5) is 13.2 Å². The first-order valence-corrected chi connectivity index (χ1v) is 10.5. The Hall–Kier alpha value is -4.67. The van der Waals surface area contributed by atoms with Crippen molar-refractivity contribution in [2.75, 3.05) is 6.79 Å². The molecule has 0 fully saturated rings. The van der Waals surface area contributed by atoms with Gasteiger partial charge in [-0.05, 0) is 59.1 Å². The molecule has 0 aliphatic heterocycles. The molecule has 0 N–H and O–H groups in total. The topological polar surface area (TPSA) is 79.9 Å². The molecule has 0 unspecified atom stereocenters. The zero-order chi connectivity index (χ0) is 24.0. The van der Waals surface area contributed by atoms with E-state index < -0.39 is 11.7 Å². The van der Waals surface area contributed by atoms with Crippen LogP contribution in [-0.4, -0.2) is 36.5 Å². The van der Waals surface area contributed by atoms with Gasteiger partial charge >= 0.3 is 6.18 Å². The summed E-state index contributed by atoms with van der Waals surface area (Å²) >= 11 is 0. The molecule has 4 aromatic heterocycles. The number of alkyl halides is 3. The molecule has 35 heavy (non-hydrogen) atoms. The van der Waals surface area contributed by atoms with Crippen molar-refractivity contribution in [3.63, 3.8) is 0 Å². The highest BCUT2D eigenvalue weighted by Gasteiger charge is 2.31. The van der Waals surface area contributed by atoms with Gasteiger partial charge in [-0.3, -0.25) is 9.55 Å². The number of hydrogen-bond acceptors (Lipinski definition) is 6. The average Bonchev–Trinajstić information content (AvgIpc) is 3.47. The fraction of sp³-hybridized carbons (Fsp3) is 0.0833. The molecule has 0 bridgehead atoms. The lowest BCUT2D eigenvalue weighted by Gasteiger charge is -2.10. The molecule has 4 heterocycles. The molecule has 11 heteroatoms. The van der Waals surface area contributed by atoms with E-state index in [4.69, 9.17) is 9.57 Å². The second-order valence-electron chi connectivity index (χ2n) is 7.73. The van der Waals surface area contributed by atoms with Gasteiger partial charge < -0.3 is 9.57 Å². The molecule has 6 rings (SSSR count). The molecule has 8 nitrogen and oxygen atoms in total. The first-order valence-electron chi connectivity index (χ1n) is 10.5. The molecule has 0 spiro atoms. The van der Waals surface area contributed by atoms with E-state index in [1.165, 1.54) is 6.07 Å². The average molecular weight is 476 g/mol. The maximum atomic E-state index is 13.0. The number of rotatable bonds is 5. The smallest absolute Gasteiger partial charge is 0.416 e. The SMILES string of the molecule is FC(F)(F)c1ccc2nnn(OCOc3ccc4cc(-n5ccc6ccncc65)ncc4c3)c2c1. The van der Waals surface area contributed by atoms with Crippen LogP contribution in [0.5, 0.6) is 5.75 Å². The van der Waals surface area contributed by atoms with Crippen LogP contribution in [0, 0.1) is 0 Å². The highest BCUT2D eigenvalue weighted by molar-refractivity contribution is 5.86. The predicted octanol–water partition coefficient (Wildman–Crippen LogP) is 4.80. The van der Waals surface area contributed by atoms with Crippen molar-refractivity contribution < 1.29 is 22.7 Å². The van der Waals surface area contributed by atoms with Gasteiger partial charge in [-0.1, -0.05) is 10.9 Å². The zero-order valence-electron chi connectivity index (χ0n) is 17.8. The highest BCUT2D eigenvalue weighted by Crippen LogP contribution is 2.31. The molecule has 0 saturated heterocycles. The van der Waals surface area contributed by atoms with Crippen LogP contribution < -0.4 is 9.57 Å². The van der Waals surface area contributed by atoms with E-state index in [2.05, 4.69) is 20.3 Å². The van der Waals surface area contributed by atoms with Gasteiger partial charge in [0.2, 0.25) is 0 Å². The quantitative estimate of drug-likeness (QED) is 0.333. The Kier molecular flexibility index (Phi) is 4.76. The third kappa shape index (κ3) is 3.86. The van der Waals surface area contributed by atoms with Crippen molar-refractivity contribution in [2.45, 2.75) is 6.18 Å². The van der Waals surface area contributed by atoms with E-state index in [9.17, 15) is 13.2 Å². The summed E-state index contributed by atoms with van der Waals surface area (Å²) in [5.74, 6) is 1.26. The summed E-state index contributed by atoms with van der Waals surface area (Å²) in [6.07, 6.45) is 2.74. The van der Waals surface area contributed by atoms with Crippen molar-refractivity contribution in [3.8, 4) is 11.6 Å². The summed E-state index contributed by atoms with van der Waals surface area (Å²) in [5, 5.41) is 10.4. The zero-order valence-corrected chi connectivity index (χ0v) is 17.8. The summed E-state index contributed by atoms with van der Waals surface area (Å²) in [5.41, 5.74) is 0.506. The number of nitrogens with zero attached hydrogens (tertiary/aromatic N) is 6. The van der Waals surface area contributed by atoms with E-state index >= 15 is 0 Å². The van der Waals surface area contributed by atoms with Crippen LogP contribution >= 0.6 is 0 Å². The monoisotopic (exact) mass is 476 g/mol. The number of pyridine rings is 2. The third-order valence-electron chi connectivity index (χ3n) is 5.56. The van der Waals surface area contributed by atoms with Crippen LogP contribution in [0.1, 0.15) is 5.56 Å². The van der Waals surface area contributed by atoms with Crippen LogP contribution in [0.15, 0.2) is 79.4 Å². The summed E-state index contributed by atoms with van der Waals surface area (Å²) in [4.78, 5) is 15.0. The number of aromatic nitrogens is 6. The van der Waals surface area contributed by atoms with Gasteiger partial charge in [-0.2, -0.15) is 13.2 Å². The van der Waals surface area contributed by atoms with E-state index in [1.807, 2.05) is 35.0 Å². The van der Waals surface area contributed by atoms with E-state index in [-0.39, 0.29) is 17.8 Å². The Morgan fingerprint density at radius 3 is 2.66 bits per heavy atom. The minimum absolute atomic E-state index is 0.0893. The lowest BCUT2D eigenvalue weighted by Crippen LogP contribution is -2.18. The molecule has 0 atom stereocenters. The predicted molar refractivity (Wildman–Crippen MR) is 121 cm³/mol. The van der Waals surface area contributed by atoms with E-state index in [1.54, 1.807) is 30.7 Å². The molecule has 2 aromatic carbocycles. The standard InChI is InChI=1S/C24H15F3N6O2/c25-24(26,27)18-2-4-20-21(11-18)33(31-30-20)35-14-34-19-3-1-16-10-23(29-12-17(16)9-19)32-8-6-15-5-7-28-13-22(15)32/h1-13H,14H2. The third-order valence-corrected chi connectivity index (χ3v) is 5.56. The van der Waals surface area contributed by atoms with Crippen molar-refractivity contribution >= 4 is 32.7 Å².